The van der Waals surface area contributed by atoms with Crippen LogP contribution in [-0.4, -0.2) is 47.5 Å². The van der Waals surface area contributed by atoms with Crippen molar-refractivity contribution in [3.8, 4) is 11.3 Å². The molecule has 1 amide bonds. The van der Waals surface area contributed by atoms with Crippen LogP contribution in [0, 0.1) is 17.2 Å². The Morgan fingerprint density at radius 1 is 1.28 bits per heavy atom. The van der Waals surface area contributed by atoms with E-state index in [0.717, 1.165) is 81.2 Å². The summed E-state index contributed by atoms with van der Waals surface area (Å²) >= 11 is 1.39. The molecular weight excluding hydrogens is 482 g/mol. The number of nitrogens with zero attached hydrogens (tertiary/aromatic N) is 3. The van der Waals surface area contributed by atoms with Crippen LogP contribution in [-0.2, 0) is 24.2 Å². The molecule has 1 aliphatic heterocycles. The number of rotatable bonds is 10. The van der Waals surface area contributed by atoms with Gasteiger partial charge in [0, 0.05) is 37.4 Å². The summed E-state index contributed by atoms with van der Waals surface area (Å²) in [6, 6.07) is 9.77. The predicted molar refractivity (Wildman–Crippen MR) is 135 cm³/mol. The number of benzene rings is 1. The smallest absolute Gasteiger partial charge is 0.278 e. The van der Waals surface area contributed by atoms with Gasteiger partial charge in [0.2, 0.25) is 5.91 Å². The maximum Gasteiger partial charge on any atom is 0.278 e. The van der Waals surface area contributed by atoms with Crippen molar-refractivity contribution in [2.45, 2.75) is 76.8 Å². The maximum absolute atomic E-state index is 13.1. The lowest BCUT2D eigenvalue weighted by atomic mass is 9.84. The number of carbonyl (C=O) groups is 1. The van der Waals surface area contributed by atoms with Crippen LogP contribution in [0.15, 0.2) is 24.3 Å². The van der Waals surface area contributed by atoms with Crippen LogP contribution < -0.4 is 10.1 Å². The van der Waals surface area contributed by atoms with Gasteiger partial charge in [-0.05, 0) is 75.1 Å². The minimum Gasteiger partial charge on any atom is -0.464 e. The van der Waals surface area contributed by atoms with Gasteiger partial charge in [0.25, 0.3) is 11.1 Å². The fraction of sp³-hybridized carbons (Fsp3) is 0.593. The molecule has 1 saturated carbocycles. The highest BCUT2D eigenvalue weighted by Gasteiger charge is 2.27. The van der Waals surface area contributed by atoms with Crippen LogP contribution >= 0.6 is 11.3 Å². The standard InChI is InChI=1S/C27H34F2N4O2S/c1-27(28,29)18-35-26-32-23-17-33(15-13-24(23)36-26)14-12-20-6-9-22(10-7-20)31-25(34)11-8-19-2-4-21(16-30)5-3-19/h2-5,20,22H,6-15,17-18H2,1H3,(H,31,34)/t20-,22-. The van der Waals surface area contributed by atoms with Gasteiger partial charge in [-0.15, -0.1) is 0 Å². The van der Waals surface area contributed by atoms with Gasteiger partial charge in [-0.3, -0.25) is 9.69 Å². The van der Waals surface area contributed by atoms with Crippen molar-refractivity contribution in [2.24, 2.45) is 5.92 Å². The summed E-state index contributed by atoms with van der Waals surface area (Å²) in [5.74, 6) is -2.09. The van der Waals surface area contributed by atoms with Crippen LogP contribution in [0.4, 0.5) is 8.78 Å². The molecule has 36 heavy (non-hydrogen) atoms. The third-order valence-corrected chi connectivity index (χ3v) is 8.10. The third-order valence-electron chi connectivity index (χ3n) is 7.03. The number of fused-ring (bicyclic) bond motifs is 1. The van der Waals surface area contributed by atoms with Crippen molar-refractivity contribution < 1.29 is 18.3 Å². The molecule has 1 aromatic carbocycles. The number of thiazole rings is 1. The second kappa shape index (κ2) is 12.1. The molecule has 6 nitrogen and oxygen atoms in total. The first-order valence-electron chi connectivity index (χ1n) is 12.8. The minimum atomic E-state index is -2.85. The molecule has 0 unspecified atom stereocenters. The summed E-state index contributed by atoms with van der Waals surface area (Å²) in [5, 5.41) is 12.4. The average Bonchev–Trinajstić information content (AvgIpc) is 3.28. The highest BCUT2D eigenvalue weighted by atomic mass is 32.1. The number of ether oxygens (including phenoxy) is 1. The van der Waals surface area contributed by atoms with E-state index < -0.39 is 12.5 Å². The molecule has 9 heteroatoms. The monoisotopic (exact) mass is 516 g/mol. The van der Waals surface area contributed by atoms with E-state index in [4.69, 9.17) is 10.00 Å². The van der Waals surface area contributed by atoms with Gasteiger partial charge in [-0.2, -0.15) is 5.26 Å². The first-order chi connectivity index (χ1) is 17.3. The normalized spacial score (nSPS) is 20.4. The number of amides is 1. The van der Waals surface area contributed by atoms with Crippen LogP contribution in [0.25, 0.3) is 0 Å². The summed E-state index contributed by atoms with van der Waals surface area (Å²) in [4.78, 5) is 20.4. The van der Waals surface area contributed by atoms with Gasteiger partial charge in [0.15, 0.2) is 6.61 Å². The molecule has 2 aromatic rings. The number of carbonyl (C=O) groups excluding carboxylic acids is 1. The van der Waals surface area contributed by atoms with Gasteiger partial charge >= 0.3 is 0 Å². The minimum absolute atomic E-state index is 0.0983. The summed E-state index contributed by atoms with van der Waals surface area (Å²) in [7, 11) is 0. The first-order valence-corrected chi connectivity index (χ1v) is 13.6. The number of alkyl halides is 2. The van der Waals surface area contributed by atoms with Crippen molar-refractivity contribution >= 4 is 17.2 Å². The van der Waals surface area contributed by atoms with Crippen LogP contribution in [0.3, 0.4) is 0 Å². The molecule has 0 saturated heterocycles. The largest absolute Gasteiger partial charge is 0.464 e. The Kier molecular flexibility index (Phi) is 8.91. The lowest BCUT2D eigenvalue weighted by Gasteiger charge is -2.32. The fourth-order valence-electron chi connectivity index (χ4n) is 4.93. The van der Waals surface area contributed by atoms with E-state index >= 15 is 0 Å². The molecule has 0 bridgehead atoms. The zero-order valence-corrected chi connectivity index (χ0v) is 21.6. The molecule has 1 aromatic heterocycles. The van der Waals surface area contributed by atoms with Crippen molar-refractivity contribution in [3.05, 3.63) is 46.0 Å². The van der Waals surface area contributed by atoms with E-state index in [1.54, 1.807) is 12.1 Å². The Bertz CT molecular complexity index is 1050. The Morgan fingerprint density at radius 2 is 2.03 bits per heavy atom. The van der Waals surface area contributed by atoms with Crippen molar-refractivity contribution in [2.75, 3.05) is 19.7 Å². The first kappa shape index (κ1) is 26.5. The number of aryl methyl sites for hydroxylation is 1. The summed E-state index contributed by atoms with van der Waals surface area (Å²) in [5.41, 5.74) is 2.67. The van der Waals surface area contributed by atoms with Crippen LogP contribution in [0.2, 0.25) is 0 Å². The number of hydrogen-bond donors (Lipinski definition) is 1. The van der Waals surface area contributed by atoms with Gasteiger partial charge in [0.05, 0.1) is 17.3 Å². The van der Waals surface area contributed by atoms with E-state index in [0.29, 0.717) is 29.5 Å². The number of nitrogens with one attached hydrogen (secondary N) is 1. The highest BCUT2D eigenvalue weighted by Crippen LogP contribution is 2.32. The quantitative estimate of drug-likeness (QED) is 0.475. The van der Waals surface area contributed by atoms with E-state index in [1.165, 1.54) is 11.3 Å². The van der Waals surface area contributed by atoms with Crippen molar-refractivity contribution in [1.29, 1.82) is 5.26 Å². The summed E-state index contributed by atoms with van der Waals surface area (Å²) in [6.07, 6.45) is 7.46. The summed E-state index contributed by atoms with van der Waals surface area (Å²) < 4.78 is 31.3. The molecule has 0 spiro atoms. The van der Waals surface area contributed by atoms with Gasteiger partial charge in [-0.25, -0.2) is 13.8 Å². The maximum atomic E-state index is 13.1. The van der Waals surface area contributed by atoms with Crippen molar-refractivity contribution in [3.63, 3.8) is 0 Å². The third kappa shape index (κ3) is 7.97. The molecule has 2 heterocycles. The predicted octanol–water partition coefficient (Wildman–Crippen LogP) is 5.10. The lowest BCUT2D eigenvalue weighted by Crippen LogP contribution is -2.38. The molecule has 1 N–H and O–H groups in total. The summed E-state index contributed by atoms with van der Waals surface area (Å²) in [6.45, 7) is 2.93. The highest BCUT2D eigenvalue weighted by molar-refractivity contribution is 7.13. The molecule has 2 aliphatic rings. The number of aromatic nitrogens is 1. The molecule has 194 valence electrons. The van der Waals surface area contributed by atoms with Gasteiger partial charge in [-0.1, -0.05) is 23.5 Å². The molecule has 0 atom stereocenters. The number of hydrogen-bond acceptors (Lipinski definition) is 6. The number of nitriles is 1. The van der Waals surface area contributed by atoms with Crippen LogP contribution in [0.5, 0.6) is 5.19 Å². The van der Waals surface area contributed by atoms with E-state index in [-0.39, 0.29) is 11.9 Å². The molecule has 0 radical (unpaired) electrons. The number of halogens is 2. The Hall–Kier alpha value is -2.57. The van der Waals surface area contributed by atoms with Crippen molar-refractivity contribution in [1.82, 2.24) is 15.2 Å². The second-order valence-corrected chi connectivity index (χ2v) is 11.2. The Labute approximate surface area is 215 Å². The Morgan fingerprint density at radius 3 is 2.72 bits per heavy atom. The molecule has 4 rings (SSSR count). The van der Waals surface area contributed by atoms with Gasteiger partial charge in [0.1, 0.15) is 0 Å². The van der Waals surface area contributed by atoms with E-state index in [2.05, 4.69) is 21.3 Å². The SMILES string of the molecule is CC(F)(F)COc1nc2c(s1)CCN(CC[C@H]1CC[C@H](NC(=O)CCc3ccc(C#N)cc3)CC1)C2. The topological polar surface area (TPSA) is 78.2 Å². The fourth-order valence-corrected chi connectivity index (χ4v) is 5.84. The molecule has 1 fully saturated rings. The van der Waals surface area contributed by atoms with Gasteiger partial charge < -0.3 is 10.1 Å². The molecule has 1 aliphatic carbocycles. The lowest BCUT2D eigenvalue weighted by molar-refractivity contribution is -0.122. The van der Waals surface area contributed by atoms with E-state index in [9.17, 15) is 13.6 Å². The average molecular weight is 517 g/mol. The zero-order chi connectivity index (χ0) is 25.5. The second-order valence-electron chi connectivity index (χ2n) is 10.1. The zero-order valence-electron chi connectivity index (χ0n) is 20.8. The molecular formula is C27H34F2N4O2S. The van der Waals surface area contributed by atoms with Crippen LogP contribution in [0.1, 0.15) is 67.1 Å². The van der Waals surface area contributed by atoms with E-state index in [1.807, 2.05) is 12.1 Å². The Balaban J connectivity index is 1.12.